The molecule has 1 aromatic heterocycles. The molecule has 1 aliphatic rings. The van der Waals surface area contributed by atoms with E-state index >= 15 is 0 Å². The molecule has 6 heteroatoms. The normalized spacial score (nSPS) is 15.0. The van der Waals surface area contributed by atoms with Gasteiger partial charge in [0.2, 0.25) is 5.78 Å². The molecule has 1 heterocycles. The number of ketones is 2. The predicted molar refractivity (Wildman–Crippen MR) is 83.8 cm³/mol. The van der Waals surface area contributed by atoms with Crippen molar-refractivity contribution in [2.75, 3.05) is 7.11 Å². The summed E-state index contributed by atoms with van der Waals surface area (Å²) in [6.07, 6.45) is 2.70. The minimum atomic E-state index is -1.65. The average Bonchev–Trinajstić information content (AvgIpc) is 2.56. The number of ether oxygens (including phenoxy) is 1. The summed E-state index contributed by atoms with van der Waals surface area (Å²) in [4.78, 5) is 29.0. The molecule has 0 bridgehead atoms. The molecule has 0 radical (unpaired) electrons. The van der Waals surface area contributed by atoms with Gasteiger partial charge >= 0.3 is 0 Å². The summed E-state index contributed by atoms with van der Waals surface area (Å²) in [6.45, 7) is 1.87. The molecule has 1 atom stereocenters. The second-order valence-corrected chi connectivity index (χ2v) is 6.42. The van der Waals surface area contributed by atoms with Crippen molar-refractivity contribution in [3.05, 3.63) is 65.1 Å². The lowest BCUT2D eigenvalue weighted by Gasteiger charge is -2.16. The van der Waals surface area contributed by atoms with E-state index in [9.17, 15) is 13.8 Å². The molecule has 0 spiro atoms. The van der Waals surface area contributed by atoms with Crippen molar-refractivity contribution in [2.45, 2.75) is 16.8 Å². The Morgan fingerprint density at radius 2 is 1.96 bits per heavy atom. The van der Waals surface area contributed by atoms with Gasteiger partial charge in [0.1, 0.15) is 15.8 Å². The van der Waals surface area contributed by atoms with Gasteiger partial charge in [-0.05, 0) is 30.7 Å². The van der Waals surface area contributed by atoms with Crippen molar-refractivity contribution in [3.63, 3.8) is 0 Å². The van der Waals surface area contributed by atoms with E-state index in [0.717, 1.165) is 11.6 Å². The highest BCUT2D eigenvalue weighted by Gasteiger charge is 2.30. The molecule has 116 valence electrons. The average molecular weight is 327 g/mol. The number of Topliss-reactive ketones (excluding diaryl/α,β-unsaturated/α-hetero) is 1. The molecular weight excluding hydrogens is 314 g/mol. The summed E-state index contributed by atoms with van der Waals surface area (Å²) >= 11 is 0. The van der Waals surface area contributed by atoms with Crippen molar-refractivity contribution in [2.24, 2.45) is 0 Å². The van der Waals surface area contributed by atoms with Gasteiger partial charge in [-0.3, -0.25) is 9.59 Å². The van der Waals surface area contributed by atoms with Gasteiger partial charge in [0.05, 0.1) is 12.0 Å². The minimum absolute atomic E-state index is 0.0147. The number of benzene rings is 1. The number of fused-ring (bicyclic) bond motifs is 1. The fourth-order valence-electron chi connectivity index (χ4n) is 2.39. The third-order valence-corrected chi connectivity index (χ3v) is 4.85. The number of methoxy groups -OCH3 is 1. The zero-order valence-corrected chi connectivity index (χ0v) is 13.3. The van der Waals surface area contributed by atoms with Gasteiger partial charge in [0.25, 0.3) is 0 Å². The van der Waals surface area contributed by atoms with Gasteiger partial charge in [-0.1, -0.05) is 12.1 Å². The molecule has 2 aromatic rings. The number of carbonyl (C=O) groups excluding carboxylic acids is 2. The summed E-state index contributed by atoms with van der Waals surface area (Å²) in [5.41, 5.74) is 1.27. The van der Waals surface area contributed by atoms with E-state index in [0.29, 0.717) is 5.03 Å². The van der Waals surface area contributed by atoms with E-state index in [1.54, 1.807) is 30.5 Å². The number of pyridine rings is 1. The van der Waals surface area contributed by atoms with Crippen LogP contribution in [0.25, 0.3) is 0 Å². The number of aryl methyl sites for hydroxylation is 1. The van der Waals surface area contributed by atoms with E-state index in [2.05, 4.69) is 4.98 Å². The Morgan fingerprint density at radius 3 is 2.65 bits per heavy atom. The summed E-state index contributed by atoms with van der Waals surface area (Å²) in [6, 6.07) is 8.21. The topological polar surface area (TPSA) is 73.3 Å². The quantitative estimate of drug-likeness (QED) is 0.866. The zero-order valence-electron chi connectivity index (χ0n) is 12.5. The molecule has 1 aliphatic carbocycles. The van der Waals surface area contributed by atoms with Crippen LogP contribution in [-0.2, 0) is 15.5 Å². The Kier molecular flexibility index (Phi) is 3.92. The minimum Gasteiger partial charge on any atom is -0.492 e. The summed E-state index contributed by atoms with van der Waals surface area (Å²) in [5.74, 6) is -0.801. The molecule has 0 saturated heterocycles. The zero-order chi connectivity index (χ0) is 16.6. The van der Waals surface area contributed by atoms with Crippen LogP contribution in [0.1, 0.15) is 26.3 Å². The Bertz CT molecular complexity index is 886. The number of nitrogens with zero attached hydrogens (tertiary/aromatic N) is 1. The maximum absolute atomic E-state index is 12.8. The van der Waals surface area contributed by atoms with Crippen LogP contribution in [0.4, 0.5) is 0 Å². The van der Waals surface area contributed by atoms with Crippen LogP contribution in [0.3, 0.4) is 0 Å². The van der Waals surface area contributed by atoms with Crippen LogP contribution in [0, 0.1) is 6.92 Å². The predicted octanol–water partition coefficient (Wildman–Crippen LogP) is 2.47. The van der Waals surface area contributed by atoms with Gasteiger partial charge in [0.15, 0.2) is 11.5 Å². The molecule has 0 fully saturated rings. The summed E-state index contributed by atoms with van der Waals surface area (Å²) < 4.78 is 17.7. The van der Waals surface area contributed by atoms with Crippen LogP contribution < -0.4 is 0 Å². The summed E-state index contributed by atoms with van der Waals surface area (Å²) in [7, 11) is -0.316. The third kappa shape index (κ3) is 2.61. The molecule has 0 N–H and O–H groups in total. The standard InChI is InChI=1S/C17H13NO4S/c1-10-6-7-18-15(8-10)23(21)14-5-3-4-11-16(14)12(19)9-13(22-2)17(11)20/h3-9H,1-2H3. The van der Waals surface area contributed by atoms with Gasteiger partial charge in [0, 0.05) is 23.4 Å². The van der Waals surface area contributed by atoms with Gasteiger partial charge in [-0.25, -0.2) is 9.19 Å². The van der Waals surface area contributed by atoms with Gasteiger partial charge < -0.3 is 4.74 Å². The molecule has 23 heavy (non-hydrogen) atoms. The fourth-order valence-corrected chi connectivity index (χ4v) is 3.67. The van der Waals surface area contributed by atoms with Crippen LogP contribution in [0.5, 0.6) is 0 Å². The van der Waals surface area contributed by atoms with Crippen LogP contribution in [0.15, 0.2) is 58.3 Å². The lowest BCUT2D eigenvalue weighted by atomic mass is 9.93. The number of rotatable bonds is 3. The molecule has 1 aromatic carbocycles. The van der Waals surface area contributed by atoms with Gasteiger partial charge in [-0.2, -0.15) is 0 Å². The molecule has 0 aliphatic heterocycles. The van der Waals surface area contributed by atoms with Crippen LogP contribution in [-0.4, -0.2) is 27.9 Å². The number of carbonyl (C=O) groups is 2. The number of aromatic nitrogens is 1. The maximum Gasteiger partial charge on any atom is 0.228 e. The van der Waals surface area contributed by atoms with E-state index in [-0.39, 0.29) is 21.8 Å². The number of hydrogen-bond donors (Lipinski definition) is 0. The smallest absolute Gasteiger partial charge is 0.228 e. The molecular formula is C17H13NO4S. The SMILES string of the molecule is COC1=CC(=O)c2c(cccc2S(=O)c2cc(C)ccn2)C1=O. The Balaban J connectivity index is 2.15. The first kappa shape index (κ1) is 15.3. The highest BCUT2D eigenvalue weighted by atomic mass is 32.2. The van der Waals surface area contributed by atoms with Crippen molar-refractivity contribution >= 4 is 22.4 Å². The highest BCUT2D eigenvalue weighted by Crippen LogP contribution is 2.28. The maximum atomic E-state index is 12.8. The molecule has 0 saturated carbocycles. The van der Waals surface area contributed by atoms with Crippen molar-refractivity contribution in [1.29, 1.82) is 0 Å². The first-order valence-electron chi connectivity index (χ1n) is 6.85. The first-order valence-corrected chi connectivity index (χ1v) is 8.00. The van der Waals surface area contributed by atoms with E-state index in [1.165, 1.54) is 13.2 Å². The highest BCUT2D eigenvalue weighted by molar-refractivity contribution is 7.85. The fraction of sp³-hybridized carbons (Fsp3) is 0.118. The monoisotopic (exact) mass is 327 g/mol. The third-order valence-electron chi connectivity index (χ3n) is 3.50. The van der Waals surface area contributed by atoms with Crippen molar-refractivity contribution in [3.8, 4) is 0 Å². The second-order valence-electron chi connectivity index (χ2n) is 5.02. The van der Waals surface area contributed by atoms with Crippen molar-refractivity contribution < 1.29 is 18.5 Å². The number of hydrogen-bond acceptors (Lipinski definition) is 5. The molecule has 0 amide bonds. The summed E-state index contributed by atoms with van der Waals surface area (Å²) in [5, 5.41) is 0.347. The van der Waals surface area contributed by atoms with E-state index in [1.807, 2.05) is 6.92 Å². The van der Waals surface area contributed by atoms with E-state index < -0.39 is 22.4 Å². The first-order chi connectivity index (χ1) is 11.0. The second kappa shape index (κ2) is 5.89. The Hall–Kier alpha value is -2.60. The molecule has 5 nitrogen and oxygen atoms in total. The number of allylic oxidation sites excluding steroid dienone is 2. The van der Waals surface area contributed by atoms with Crippen molar-refractivity contribution in [1.82, 2.24) is 4.98 Å². The molecule has 1 unspecified atom stereocenters. The molecule has 3 rings (SSSR count). The largest absolute Gasteiger partial charge is 0.492 e. The van der Waals surface area contributed by atoms with Crippen LogP contribution >= 0.6 is 0 Å². The lowest BCUT2D eigenvalue weighted by Crippen LogP contribution is -2.20. The van der Waals surface area contributed by atoms with E-state index in [4.69, 9.17) is 4.74 Å². The Labute approximate surface area is 135 Å². The van der Waals surface area contributed by atoms with Crippen LogP contribution in [0.2, 0.25) is 0 Å². The lowest BCUT2D eigenvalue weighted by molar-refractivity contribution is 0.0915. The van der Waals surface area contributed by atoms with Gasteiger partial charge in [-0.15, -0.1) is 0 Å². The Morgan fingerprint density at radius 1 is 1.17 bits per heavy atom.